The van der Waals surface area contributed by atoms with E-state index in [1.165, 1.54) is 7.11 Å². The summed E-state index contributed by atoms with van der Waals surface area (Å²) in [6.45, 7) is 0.721. The summed E-state index contributed by atoms with van der Waals surface area (Å²) >= 11 is 6.14. The fourth-order valence-corrected chi connectivity index (χ4v) is 2.05. The molecule has 1 aliphatic heterocycles. The maximum atomic E-state index is 11.1. The van der Waals surface area contributed by atoms with Crippen LogP contribution in [0.1, 0.15) is 18.0 Å². The molecular formula is C12H14ClN3O2. The first-order chi connectivity index (χ1) is 8.70. The number of halogens is 1. The molecule has 6 heteroatoms. The highest BCUT2D eigenvalue weighted by atomic mass is 35.5. The van der Waals surface area contributed by atoms with Crippen LogP contribution in [0.25, 0.3) is 0 Å². The molecule has 1 amide bonds. The molecule has 5 nitrogen and oxygen atoms in total. The van der Waals surface area contributed by atoms with Crippen molar-refractivity contribution in [3.63, 3.8) is 0 Å². The van der Waals surface area contributed by atoms with E-state index in [2.05, 4.69) is 20.4 Å². The van der Waals surface area contributed by atoms with Crippen molar-refractivity contribution >= 4 is 23.7 Å². The Bertz CT molecular complexity index is 476. The van der Waals surface area contributed by atoms with Crippen molar-refractivity contribution in [3.05, 3.63) is 34.9 Å². The largest absolute Gasteiger partial charge is 0.453 e. The molecule has 18 heavy (non-hydrogen) atoms. The van der Waals surface area contributed by atoms with Gasteiger partial charge in [-0.05, 0) is 18.1 Å². The lowest BCUT2D eigenvalue weighted by molar-refractivity contribution is 0.176. The number of hydrogen-bond acceptors (Lipinski definition) is 4. The van der Waals surface area contributed by atoms with Crippen LogP contribution in [0.5, 0.6) is 0 Å². The van der Waals surface area contributed by atoms with Gasteiger partial charge >= 0.3 is 6.09 Å². The number of guanidine groups is 1. The van der Waals surface area contributed by atoms with Crippen molar-refractivity contribution in [3.8, 4) is 0 Å². The van der Waals surface area contributed by atoms with Gasteiger partial charge in [-0.3, -0.25) is 5.32 Å². The Labute approximate surface area is 110 Å². The number of amides is 1. The predicted molar refractivity (Wildman–Crippen MR) is 69.8 cm³/mol. The van der Waals surface area contributed by atoms with Crippen LogP contribution in [0.3, 0.4) is 0 Å². The van der Waals surface area contributed by atoms with Crippen LogP contribution in [-0.2, 0) is 4.74 Å². The lowest BCUT2D eigenvalue weighted by Crippen LogP contribution is -2.44. The highest BCUT2D eigenvalue weighted by molar-refractivity contribution is 6.31. The van der Waals surface area contributed by atoms with Gasteiger partial charge in [0.25, 0.3) is 0 Å². The van der Waals surface area contributed by atoms with E-state index in [-0.39, 0.29) is 6.04 Å². The molecule has 0 spiro atoms. The van der Waals surface area contributed by atoms with Crippen molar-refractivity contribution in [2.24, 2.45) is 4.99 Å². The van der Waals surface area contributed by atoms with Gasteiger partial charge < -0.3 is 10.1 Å². The summed E-state index contributed by atoms with van der Waals surface area (Å²) in [5.74, 6) is 0.415. The number of carbonyl (C=O) groups is 1. The van der Waals surface area contributed by atoms with Gasteiger partial charge in [-0.2, -0.15) is 0 Å². The topological polar surface area (TPSA) is 62.7 Å². The van der Waals surface area contributed by atoms with Crippen LogP contribution >= 0.6 is 11.6 Å². The third-order valence-electron chi connectivity index (χ3n) is 2.67. The Morgan fingerprint density at radius 3 is 3.06 bits per heavy atom. The second-order valence-electron chi connectivity index (χ2n) is 3.85. The van der Waals surface area contributed by atoms with E-state index in [1.807, 2.05) is 24.3 Å². The number of aliphatic imine (C=N–C) groups is 1. The SMILES string of the molecule is COC(=O)NC1=NC(c2ccccc2Cl)CCN1. The second kappa shape index (κ2) is 5.73. The van der Waals surface area contributed by atoms with Gasteiger partial charge in [-0.25, -0.2) is 9.79 Å². The minimum absolute atomic E-state index is 0.0490. The number of methoxy groups -OCH3 is 1. The van der Waals surface area contributed by atoms with Gasteiger partial charge in [0.1, 0.15) is 0 Å². The average Bonchev–Trinajstić information content (AvgIpc) is 2.39. The van der Waals surface area contributed by atoms with Crippen molar-refractivity contribution in [2.45, 2.75) is 12.5 Å². The summed E-state index contributed by atoms with van der Waals surface area (Å²) in [6, 6.07) is 7.53. The molecule has 0 aromatic heterocycles. The molecule has 1 aliphatic rings. The van der Waals surface area contributed by atoms with E-state index < -0.39 is 6.09 Å². The summed E-state index contributed by atoms with van der Waals surface area (Å²) in [4.78, 5) is 15.5. The fourth-order valence-electron chi connectivity index (χ4n) is 1.79. The second-order valence-corrected chi connectivity index (χ2v) is 4.25. The van der Waals surface area contributed by atoms with E-state index in [1.54, 1.807) is 0 Å². The molecule has 0 saturated heterocycles. The zero-order valence-corrected chi connectivity index (χ0v) is 10.7. The Balaban J connectivity index is 2.17. The summed E-state index contributed by atoms with van der Waals surface area (Å²) in [5.41, 5.74) is 0.963. The van der Waals surface area contributed by atoms with Gasteiger partial charge in [0.05, 0.1) is 13.2 Å². The maximum Gasteiger partial charge on any atom is 0.413 e. The number of hydrogen-bond donors (Lipinski definition) is 2. The molecule has 1 atom stereocenters. The van der Waals surface area contributed by atoms with Crippen LogP contribution in [0.15, 0.2) is 29.3 Å². The average molecular weight is 268 g/mol. The molecule has 1 unspecified atom stereocenters. The zero-order chi connectivity index (χ0) is 13.0. The Hall–Kier alpha value is -1.75. The van der Waals surface area contributed by atoms with Crippen molar-refractivity contribution < 1.29 is 9.53 Å². The zero-order valence-electron chi connectivity index (χ0n) is 9.94. The first-order valence-corrected chi connectivity index (χ1v) is 5.99. The van der Waals surface area contributed by atoms with Gasteiger partial charge in [-0.15, -0.1) is 0 Å². The summed E-state index contributed by atoms with van der Waals surface area (Å²) in [7, 11) is 1.31. The van der Waals surface area contributed by atoms with E-state index in [4.69, 9.17) is 11.6 Å². The van der Waals surface area contributed by atoms with Gasteiger partial charge in [-0.1, -0.05) is 29.8 Å². The lowest BCUT2D eigenvalue weighted by Gasteiger charge is -2.22. The van der Waals surface area contributed by atoms with Crippen LogP contribution < -0.4 is 10.6 Å². The molecule has 1 aromatic rings. The van der Waals surface area contributed by atoms with Crippen LogP contribution in [0, 0.1) is 0 Å². The van der Waals surface area contributed by atoms with Crippen molar-refractivity contribution in [1.82, 2.24) is 10.6 Å². The molecule has 0 fully saturated rings. The van der Waals surface area contributed by atoms with Crippen LogP contribution in [-0.4, -0.2) is 25.7 Å². The summed E-state index contributed by atoms with van der Waals surface area (Å²) in [6.07, 6.45) is 0.289. The number of rotatable bonds is 1. The van der Waals surface area contributed by atoms with Crippen molar-refractivity contribution in [2.75, 3.05) is 13.7 Å². The number of nitrogens with one attached hydrogen (secondary N) is 2. The normalized spacial score (nSPS) is 18.6. The number of nitrogens with zero attached hydrogens (tertiary/aromatic N) is 1. The molecular weight excluding hydrogens is 254 g/mol. The molecule has 96 valence electrons. The number of ether oxygens (including phenoxy) is 1. The quantitative estimate of drug-likeness (QED) is 0.819. The molecule has 0 bridgehead atoms. The molecule has 0 saturated carbocycles. The smallest absolute Gasteiger partial charge is 0.413 e. The molecule has 2 N–H and O–H groups in total. The number of benzene rings is 1. The Morgan fingerprint density at radius 1 is 1.56 bits per heavy atom. The Morgan fingerprint density at radius 2 is 2.33 bits per heavy atom. The first-order valence-electron chi connectivity index (χ1n) is 5.62. The molecule has 0 aliphatic carbocycles. The Kier molecular flexibility index (Phi) is 4.04. The van der Waals surface area contributed by atoms with E-state index >= 15 is 0 Å². The molecule has 1 aromatic carbocycles. The fraction of sp³-hybridized carbons (Fsp3) is 0.333. The molecule has 0 radical (unpaired) electrons. The maximum absolute atomic E-state index is 11.1. The lowest BCUT2D eigenvalue weighted by atomic mass is 10.0. The highest BCUT2D eigenvalue weighted by Crippen LogP contribution is 2.28. The van der Waals surface area contributed by atoms with Gasteiger partial charge in [0, 0.05) is 11.6 Å². The summed E-state index contributed by atoms with van der Waals surface area (Å²) in [5, 5.41) is 6.21. The number of carbonyl (C=O) groups excluding carboxylic acids is 1. The predicted octanol–water partition coefficient (Wildman–Crippen LogP) is 2.09. The summed E-state index contributed by atoms with van der Waals surface area (Å²) < 4.78 is 4.52. The first kappa shape index (κ1) is 12.7. The molecule has 1 heterocycles. The number of alkyl carbamates (subject to hydrolysis) is 1. The van der Waals surface area contributed by atoms with Gasteiger partial charge in [0.2, 0.25) is 5.96 Å². The van der Waals surface area contributed by atoms with E-state index in [9.17, 15) is 4.79 Å². The third kappa shape index (κ3) is 2.92. The van der Waals surface area contributed by atoms with E-state index in [0.717, 1.165) is 18.5 Å². The monoisotopic (exact) mass is 267 g/mol. The molecule has 2 rings (SSSR count). The minimum Gasteiger partial charge on any atom is -0.453 e. The highest BCUT2D eigenvalue weighted by Gasteiger charge is 2.19. The van der Waals surface area contributed by atoms with Crippen LogP contribution in [0.4, 0.5) is 4.79 Å². The van der Waals surface area contributed by atoms with Crippen LogP contribution in [0.2, 0.25) is 5.02 Å². The minimum atomic E-state index is -0.541. The van der Waals surface area contributed by atoms with Crippen molar-refractivity contribution in [1.29, 1.82) is 0 Å². The standard InChI is InChI=1S/C12H14ClN3O2/c1-18-12(17)16-11-14-7-6-10(15-11)8-4-2-3-5-9(8)13/h2-5,10H,6-7H2,1H3,(H2,14,15,16,17). The van der Waals surface area contributed by atoms with Gasteiger partial charge in [0.15, 0.2) is 0 Å². The third-order valence-corrected chi connectivity index (χ3v) is 3.01. The van der Waals surface area contributed by atoms with E-state index in [0.29, 0.717) is 11.0 Å².